The van der Waals surface area contributed by atoms with E-state index < -0.39 is 6.10 Å². The zero-order chi connectivity index (χ0) is 24.1. The van der Waals surface area contributed by atoms with Gasteiger partial charge in [-0.3, -0.25) is 0 Å². The van der Waals surface area contributed by atoms with Crippen molar-refractivity contribution < 1.29 is 5.11 Å². The van der Waals surface area contributed by atoms with Crippen LogP contribution in [0.5, 0.6) is 0 Å². The lowest BCUT2D eigenvalue weighted by molar-refractivity contribution is 0.161. The maximum Gasteiger partial charge on any atom is 0.0893 e. The molecule has 0 aromatic heterocycles. The fourth-order valence-corrected chi connectivity index (χ4v) is 4.78. The van der Waals surface area contributed by atoms with Crippen LogP contribution in [0.3, 0.4) is 0 Å². The standard InChI is InChI=1S/C34H36O/c35-34(32-25-11-4-12-26-32)33(31-23-9-3-10-24-31)27-30(21-13-19-28-15-5-1-6-16-28)22-14-20-29-17-7-2-8-18-29/h1-12,15-18,23-27,33-35H,13-14,19-22H2/t33-,34-/m0/s1. The molecule has 178 valence electrons. The second-order valence-electron chi connectivity index (χ2n) is 9.30. The molecule has 35 heavy (non-hydrogen) atoms. The fourth-order valence-electron chi connectivity index (χ4n) is 4.78. The minimum Gasteiger partial charge on any atom is -0.387 e. The third kappa shape index (κ3) is 7.80. The van der Waals surface area contributed by atoms with Gasteiger partial charge in [0.2, 0.25) is 0 Å². The van der Waals surface area contributed by atoms with Gasteiger partial charge in [0.1, 0.15) is 0 Å². The molecule has 0 aliphatic carbocycles. The summed E-state index contributed by atoms with van der Waals surface area (Å²) in [6, 6.07) is 42.0. The molecule has 4 aromatic rings. The van der Waals surface area contributed by atoms with Crippen molar-refractivity contribution in [2.24, 2.45) is 0 Å². The van der Waals surface area contributed by atoms with Gasteiger partial charge in [0.05, 0.1) is 6.10 Å². The Morgan fingerprint density at radius 1 is 0.543 bits per heavy atom. The van der Waals surface area contributed by atoms with Crippen LogP contribution in [0, 0.1) is 0 Å². The Kier molecular flexibility index (Phi) is 9.50. The average Bonchev–Trinajstić information content (AvgIpc) is 2.93. The number of aryl methyl sites for hydroxylation is 2. The van der Waals surface area contributed by atoms with Crippen molar-refractivity contribution in [1.82, 2.24) is 0 Å². The topological polar surface area (TPSA) is 20.2 Å². The first-order chi connectivity index (χ1) is 17.3. The molecule has 0 aliphatic rings. The summed E-state index contributed by atoms with van der Waals surface area (Å²) in [6.07, 6.45) is 8.28. The highest BCUT2D eigenvalue weighted by molar-refractivity contribution is 5.32. The van der Waals surface area contributed by atoms with E-state index in [0.29, 0.717) is 0 Å². The maximum absolute atomic E-state index is 11.4. The van der Waals surface area contributed by atoms with Crippen LogP contribution >= 0.6 is 0 Å². The molecule has 1 N–H and O–H groups in total. The smallest absolute Gasteiger partial charge is 0.0893 e. The molecule has 4 rings (SSSR count). The molecule has 2 atom stereocenters. The second kappa shape index (κ2) is 13.5. The van der Waals surface area contributed by atoms with Gasteiger partial charge in [0, 0.05) is 5.92 Å². The largest absolute Gasteiger partial charge is 0.387 e. The third-order valence-corrected chi connectivity index (χ3v) is 6.69. The van der Waals surface area contributed by atoms with E-state index in [1.807, 2.05) is 36.4 Å². The predicted molar refractivity (Wildman–Crippen MR) is 147 cm³/mol. The number of aliphatic hydroxyl groups excluding tert-OH is 1. The quantitative estimate of drug-likeness (QED) is 0.210. The fraction of sp³-hybridized carbons (Fsp3) is 0.235. The van der Waals surface area contributed by atoms with Crippen LogP contribution in [0.25, 0.3) is 0 Å². The highest BCUT2D eigenvalue weighted by Gasteiger charge is 2.21. The predicted octanol–water partition coefficient (Wildman–Crippen LogP) is 8.48. The van der Waals surface area contributed by atoms with Crippen LogP contribution < -0.4 is 0 Å². The van der Waals surface area contributed by atoms with Gasteiger partial charge in [-0.2, -0.15) is 0 Å². The Balaban J connectivity index is 1.54. The lowest BCUT2D eigenvalue weighted by Gasteiger charge is -2.23. The van der Waals surface area contributed by atoms with E-state index in [0.717, 1.165) is 49.7 Å². The molecular formula is C34H36O. The monoisotopic (exact) mass is 460 g/mol. The van der Waals surface area contributed by atoms with Gasteiger partial charge in [0.15, 0.2) is 0 Å². The molecule has 0 saturated carbocycles. The molecule has 0 fully saturated rings. The summed E-state index contributed by atoms with van der Waals surface area (Å²) < 4.78 is 0. The van der Waals surface area contributed by atoms with Crippen LogP contribution in [-0.2, 0) is 12.8 Å². The van der Waals surface area contributed by atoms with Crippen LogP contribution in [0.15, 0.2) is 133 Å². The summed E-state index contributed by atoms with van der Waals surface area (Å²) in [7, 11) is 0. The van der Waals surface area contributed by atoms with Crippen molar-refractivity contribution in [3.8, 4) is 0 Å². The molecular weight excluding hydrogens is 424 g/mol. The summed E-state index contributed by atoms with van der Waals surface area (Å²) in [5.74, 6) is -0.0675. The lowest BCUT2D eigenvalue weighted by atomic mass is 9.85. The van der Waals surface area contributed by atoms with Crippen molar-refractivity contribution in [2.75, 3.05) is 0 Å². The van der Waals surface area contributed by atoms with E-state index >= 15 is 0 Å². The van der Waals surface area contributed by atoms with E-state index in [-0.39, 0.29) is 5.92 Å². The molecule has 0 aliphatic heterocycles. The normalized spacial score (nSPS) is 12.6. The van der Waals surface area contributed by atoms with Gasteiger partial charge >= 0.3 is 0 Å². The Bertz CT molecular complexity index is 1090. The number of benzene rings is 4. The number of hydrogen-bond acceptors (Lipinski definition) is 1. The average molecular weight is 461 g/mol. The van der Waals surface area contributed by atoms with Gasteiger partial charge in [-0.1, -0.05) is 133 Å². The molecule has 0 unspecified atom stereocenters. The second-order valence-corrected chi connectivity index (χ2v) is 9.30. The molecule has 1 heteroatoms. The van der Waals surface area contributed by atoms with E-state index in [2.05, 4.69) is 91.0 Å². The summed E-state index contributed by atoms with van der Waals surface area (Å²) in [5, 5.41) is 11.4. The van der Waals surface area contributed by atoms with Crippen LogP contribution in [0.2, 0.25) is 0 Å². The molecule has 0 radical (unpaired) electrons. The first kappa shape index (κ1) is 24.7. The van der Waals surface area contributed by atoms with Gasteiger partial charge < -0.3 is 5.11 Å². The van der Waals surface area contributed by atoms with E-state index in [4.69, 9.17) is 0 Å². The van der Waals surface area contributed by atoms with Crippen molar-refractivity contribution in [1.29, 1.82) is 0 Å². The van der Waals surface area contributed by atoms with Crippen LogP contribution in [0.1, 0.15) is 60.0 Å². The van der Waals surface area contributed by atoms with Crippen LogP contribution in [-0.4, -0.2) is 5.11 Å². The Morgan fingerprint density at radius 2 is 0.943 bits per heavy atom. The number of aliphatic hydroxyl groups is 1. The van der Waals surface area contributed by atoms with Gasteiger partial charge in [-0.25, -0.2) is 0 Å². The Labute approximate surface area is 210 Å². The first-order valence-corrected chi connectivity index (χ1v) is 12.8. The van der Waals surface area contributed by atoms with Gasteiger partial charge in [-0.15, -0.1) is 0 Å². The molecule has 4 aromatic carbocycles. The van der Waals surface area contributed by atoms with Crippen molar-refractivity contribution in [2.45, 2.75) is 50.5 Å². The van der Waals surface area contributed by atoms with Gasteiger partial charge in [0.25, 0.3) is 0 Å². The number of allylic oxidation sites excluding steroid dienone is 1. The zero-order valence-corrected chi connectivity index (χ0v) is 20.5. The molecule has 0 amide bonds. The van der Waals surface area contributed by atoms with Crippen LogP contribution in [0.4, 0.5) is 0 Å². The van der Waals surface area contributed by atoms with Gasteiger partial charge in [-0.05, 0) is 60.8 Å². The van der Waals surface area contributed by atoms with E-state index in [9.17, 15) is 5.11 Å². The molecule has 0 heterocycles. The number of hydrogen-bond donors (Lipinski definition) is 1. The maximum atomic E-state index is 11.4. The van der Waals surface area contributed by atoms with Crippen molar-refractivity contribution >= 4 is 0 Å². The Hall–Kier alpha value is -3.42. The molecule has 0 spiro atoms. The lowest BCUT2D eigenvalue weighted by Crippen LogP contribution is -2.10. The molecule has 0 bridgehead atoms. The summed E-state index contributed by atoms with van der Waals surface area (Å²) in [4.78, 5) is 0. The first-order valence-electron chi connectivity index (χ1n) is 12.8. The minimum atomic E-state index is -0.572. The SMILES string of the molecule is O[C@@H](c1ccccc1)[C@@H](C=C(CCCc1ccccc1)CCCc1ccccc1)c1ccccc1. The zero-order valence-electron chi connectivity index (χ0n) is 20.5. The number of rotatable bonds is 12. The highest BCUT2D eigenvalue weighted by Crippen LogP contribution is 2.34. The summed E-state index contributed by atoms with van der Waals surface area (Å²) in [6.45, 7) is 0. The highest BCUT2D eigenvalue weighted by atomic mass is 16.3. The Morgan fingerprint density at radius 3 is 1.40 bits per heavy atom. The van der Waals surface area contributed by atoms with E-state index in [1.165, 1.54) is 16.7 Å². The van der Waals surface area contributed by atoms with Crippen molar-refractivity contribution in [3.63, 3.8) is 0 Å². The minimum absolute atomic E-state index is 0.0675. The van der Waals surface area contributed by atoms with Crippen molar-refractivity contribution in [3.05, 3.63) is 155 Å². The third-order valence-electron chi connectivity index (χ3n) is 6.69. The molecule has 1 nitrogen and oxygen atoms in total. The molecule has 0 saturated heterocycles. The van der Waals surface area contributed by atoms with E-state index in [1.54, 1.807) is 0 Å². The summed E-state index contributed by atoms with van der Waals surface area (Å²) >= 11 is 0. The summed E-state index contributed by atoms with van der Waals surface area (Å²) in [5.41, 5.74) is 6.35.